The first kappa shape index (κ1) is 17.5. The van der Waals surface area contributed by atoms with Gasteiger partial charge in [-0.2, -0.15) is 0 Å². The van der Waals surface area contributed by atoms with Crippen LogP contribution < -0.4 is 10.2 Å². The lowest BCUT2D eigenvalue weighted by Gasteiger charge is -2.42. The molecular formula is C19H19N5O2S. The Morgan fingerprint density at radius 2 is 1.89 bits per heavy atom. The molecule has 2 aromatic heterocycles. The summed E-state index contributed by atoms with van der Waals surface area (Å²) in [6.07, 6.45) is 1.86. The number of rotatable bonds is 3. The number of hydrogen-bond acceptors (Lipinski definition) is 5. The van der Waals surface area contributed by atoms with E-state index in [9.17, 15) is 9.59 Å². The zero-order valence-corrected chi connectivity index (χ0v) is 16.0. The summed E-state index contributed by atoms with van der Waals surface area (Å²) in [5, 5.41) is 11.4. The van der Waals surface area contributed by atoms with Crippen molar-refractivity contribution >= 4 is 40.6 Å². The standard InChI is InChI=1S/C19H19N5O2S/c1-12(27-18-22-21-15-10-6-7-11-23(15)18)16(25)24-14-9-5-4-8-13(14)20-17(26)19(24,2)3/h4-12H,1-3H3,(H,20,26)/t12-/m0/s1. The van der Waals surface area contributed by atoms with Crippen molar-refractivity contribution in [2.45, 2.75) is 36.7 Å². The van der Waals surface area contributed by atoms with E-state index in [-0.39, 0.29) is 11.8 Å². The van der Waals surface area contributed by atoms with Gasteiger partial charge in [-0.3, -0.25) is 18.9 Å². The molecule has 0 aliphatic carbocycles. The highest BCUT2D eigenvalue weighted by Gasteiger charge is 2.44. The van der Waals surface area contributed by atoms with Crippen molar-refractivity contribution in [2.24, 2.45) is 0 Å². The maximum atomic E-state index is 13.4. The van der Waals surface area contributed by atoms with E-state index in [1.54, 1.807) is 24.8 Å². The molecule has 4 rings (SSSR count). The van der Waals surface area contributed by atoms with Gasteiger partial charge in [-0.05, 0) is 45.0 Å². The summed E-state index contributed by atoms with van der Waals surface area (Å²) in [5.74, 6) is -0.361. The van der Waals surface area contributed by atoms with Crippen molar-refractivity contribution in [1.29, 1.82) is 0 Å². The molecule has 1 aliphatic rings. The van der Waals surface area contributed by atoms with E-state index in [1.807, 2.05) is 53.9 Å². The van der Waals surface area contributed by atoms with Crippen molar-refractivity contribution in [3.8, 4) is 0 Å². The van der Waals surface area contributed by atoms with Crippen LogP contribution in [0.15, 0.2) is 53.8 Å². The third-order valence-corrected chi connectivity index (χ3v) is 5.68. The van der Waals surface area contributed by atoms with E-state index in [0.717, 1.165) is 5.65 Å². The summed E-state index contributed by atoms with van der Waals surface area (Å²) >= 11 is 1.32. The molecule has 27 heavy (non-hydrogen) atoms. The van der Waals surface area contributed by atoms with Crippen molar-refractivity contribution < 1.29 is 9.59 Å². The van der Waals surface area contributed by atoms with E-state index in [4.69, 9.17) is 0 Å². The van der Waals surface area contributed by atoms with Gasteiger partial charge in [-0.25, -0.2) is 0 Å². The minimum absolute atomic E-state index is 0.153. The van der Waals surface area contributed by atoms with E-state index in [0.29, 0.717) is 16.5 Å². The lowest BCUT2D eigenvalue weighted by molar-refractivity contribution is -0.126. The van der Waals surface area contributed by atoms with Crippen LogP contribution in [0.3, 0.4) is 0 Å². The van der Waals surface area contributed by atoms with Crippen LogP contribution in [0.4, 0.5) is 11.4 Å². The topological polar surface area (TPSA) is 79.6 Å². The highest BCUT2D eigenvalue weighted by atomic mass is 32.2. The first-order valence-electron chi connectivity index (χ1n) is 8.60. The molecule has 1 atom stereocenters. The zero-order valence-electron chi connectivity index (χ0n) is 15.2. The molecule has 0 saturated heterocycles. The van der Waals surface area contributed by atoms with Crippen LogP contribution >= 0.6 is 11.8 Å². The van der Waals surface area contributed by atoms with Gasteiger partial charge in [0, 0.05) is 6.20 Å². The number of anilines is 2. The van der Waals surface area contributed by atoms with Gasteiger partial charge in [0.25, 0.3) is 0 Å². The molecule has 3 aromatic rings. The number of nitrogens with zero attached hydrogens (tertiary/aromatic N) is 4. The largest absolute Gasteiger partial charge is 0.322 e. The number of carbonyl (C=O) groups excluding carboxylic acids is 2. The first-order valence-corrected chi connectivity index (χ1v) is 9.48. The van der Waals surface area contributed by atoms with Crippen LogP contribution in [0.2, 0.25) is 0 Å². The van der Waals surface area contributed by atoms with Crippen molar-refractivity contribution in [1.82, 2.24) is 14.6 Å². The quantitative estimate of drug-likeness (QED) is 0.706. The number of aromatic nitrogens is 3. The number of amides is 2. The van der Waals surface area contributed by atoms with Crippen molar-refractivity contribution in [3.05, 3.63) is 48.7 Å². The lowest BCUT2D eigenvalue weighted by atomic mass is 9.96. The van der Waals surface area contributed by atoms with Crippen LogP contribution in [0, 0.1) is 0 Å². The molecule has 1 N–H and O–H groups in total. The fourth-order valence-corrected chi connectivity index (χ4v) is 4.02. The normalized spacial score (nSPS) is 16.7. The number of fused-ring (bicyclic) bond motifs is 2. The molecule has 8 heteroatoms. The van der Waals surface area contributed by atoms with Gasteiger partial charge in [0.1, 0.15) is 5.54 Å². The number of benzene rings is 1. The Balaban J connectivity index is 1.67. The Hall–Kier alpha value is -2.87. The number of thioether (sulfide) groups is 1. The van der Waals surface area contributed by atoms with Crippen LogP contribution in [-0.4, -0.2) is 37.2 Å². The van der Waals surface area contributed by atoms with Gasteiger partial charge in [-0.1, -0.05) is 30.0 Å². The molecule has 0 unspecified atom stereocenters. The van der Waals surface area contributed by atoms with Crippen LogP contribution in [0.5, 0.6) is 0 Å². The summed E-state index contributed by atoms with van der Waals surface area (Å²) in [4.78, 5) is 27.5. The molecule has 0 fully saturated rings. The molecule has 1 aliphatic heterocycles. The van der Waals surface area contributed by atoms with E-state index in [1.165, 1.54) is 11.8 Å². The summed E-state index contributed by atoms with van der Waals surface area (Å²) < 4.78 is 1.84. The second-order valence-electron chi connectivity index (χ2n) is 6.88. The Labute approximate surface area is 160 Å². The third-order valence-electron chi connectivity index (χ3n) is 4.64. The highest BCUT2D eigenvalue weighted by Crippen LogP contribution is 2.38. The Morgan fingerprint density at radius 1 is 1.15 bits per heavy atom. The lowest BCUT2D eigenvalue weighted by Crippen LogP contribution is -2.60. The number of hydrogen-bond donors (Lipinski definition) is 1. The molecule has 2 amide bonds. The average molecular weight is 381 g/mol. The van der Waals surface area contributed by atoms with Crippen LogP contribution in [0.25, 0.3) is 5.65 Å². The number of carbonyl (C=O) groups is 2. The second kappa shape index (κ2) is 6.38. The Kier molecular flexibility index (Phi) is 4.15. The molecule has 0 bridgehead atoms. The molecule has 138 valence electrons. The number of para-hydroxylation sites is 2. The summed E-state index contributed by atoms with van der Waals surface area (Å²) in [5.41, 5.74) is 1.07. The van der Waals surface area contributed by atoms with Gasteiger partial charge >= 0.3 is 0 Å². The molecule has 0 radical (unpaired) electrons. The van der Waals surface area contributed by atoms with E-state index < -0.39 is 10.8 Å². The van der Waals surface area contributed by atoms with Gasteiger partial charge in [0.15, 0.2) is 10.8 Å². The second-order valence-corrected chi connectivity index (χ2v) is 8.18. The minimum atomic E-state index is -0.993. The number of pyridine rings is 1. The van der Waals surface area contributed by atoms with E-state index >= 15 is 0 Å². The Morgan fingerprint density at radius 3 is 2.70 bits per heavy atom. The molecular weight excluding hydrogens is 362 g/mol. The summed E-state index contributed by atoms with van der Waals surface area (Å²) in [6, 6.07) is 13.0. The highest BCUT2D eigenvalue weighted by molar-refractivity contribution is 8.00. The molecule has 7 nitrogen and oxygen atoms in total. The van der Waals surface area contributed by atoms with Gasteiger partial charge in [0.2, 0.25) is 11.8 Å². The molecule has 3 heterocycles. The third kappa shape index (κ3) is 2.86. The van der Waals surface area contributed by atoms with Gasteiger partial charge in [-0.15, -0.1) is 10.2 Å². The van der Waals surface area contributed by atoms with Gasteiger partial charge in [0.05, 0.1) is 16.6 Å². The molecule has 0 saturated carbocycles. The maximum Gasteiger partial charge on any atom is 0.250 e. The number of nitrogens with one attached hydrogen (secondary N) is 1. The summed E-state index contributed by atoms with van der Waals surface area (Å²) in [6.45, 7) is 5.32. The zero-order chi connectivity index (χ0) is 19.2. The first-order chi connectivity index (χ1) is 12.9. The van der Waals surface area contributed by atoms with Crippen molar-refractivity contribution in [3.63, 3.8) is 0 Å². The predicted molar refractivity (Wildman–Crippen MR) is 105 cm³/mol. The summed E-state index contributed by atoms with van der Waals surface area (Å²) in [7, 11) is 0. The molecule has 0 spiro atoms. The molecule has 1 aromatic carbocycles. The maximum absolute atomic E-state index is 13.4. The van der Waals surface area contributed by atoms with E-state index in [2.05, 4.69) is 15.5 Å². The SMILES string of the molecule is C[C@H](Sc1nnc2ccccn12)C(=O)N1c2ccccc2NC(=O)C1(C)C. The Bertz CT molecular complexity index is 1050. The van der Waals surface area contributed by atoms with Crippen molar-refractivity contribution in [2.75, 3.05) is 10.2 Å². The predicted octanol–water partition coefficient (Wildman–Crippen LogP) is 2.97. The monoisotopic (exact) mass is 381 g/mol. The smallest absolute Gasteiger partial charge is 0.250 e. The van der Waals surface area contributed by atoms with Crippen LogP contribution in [0.1, 0.15) is 20.8 Å². The fourth-order valence-electron chi connectivity index (χ4n) is 3.14. The minimum Gasteiger partial charge on any atom is -0.322 e. The van der Waals surface area contributed by atoms with Gasteiger partial charge < -0.3 is 5.32 Å². The fraction of sp³-hybridized carbons (Fsp3) is 0.263. The average Bonchev–Trinajstić information content (AvgIpc) is 3.05. The van der Waals surface area contributed by atoms with Crippen LogP contribution in [-0.2, 0) is 9.59 Å².